The van der Waals surface area contributed by atoms with Gasteiger partial charge in [-0.3, -0.25) is 19.1 Å². The molecule has 10 heteroatoms. The van der Waals surface area contributed by atoms with Gasteiger partial charge in [0, 0.05) is 57.1 Å². The van der Waals surface area contributed by atoms with Crippen molar-refractivity contribution in [2.45, 2.75) is 32.7 Å². The molecule has 35 heavy (non-hydrogen) atoms. The molecule has 5 rings (SSSR count). The molecule has 2 aliphatic rings. The van der Waals surface area contributed by atoms with Crippen molar-refractivity contribution in [3.8, 4) is 11.1 Å². The van der Waals surface area contributed by atoms with Gasteiger partial charge in [-0.25, -0.2) is 4.98 Å². The van der Waals surface area contributed by atoms with Crippen molar-refractivity contribution in [2.75, 3.05) is 29.9 Å². The monoisotopic (exact) mass is 475 g/mol. The molecule has 0 aromatic carbocycles. The highest BCUT2D eigenvalue weighted by molar-refractivity contribution is 5.94. The smallest absolute Gasteiger partial charge is 0.257 e. The Morgan fingerprint density at radius 2 is 1.94 bits per heavy atom. The highest BCUT2D eigenvalue weighted by Crippen LogP contribution is 2.31. The minimum Gasteiger partial charge on any atom is -0.352 e. The van der Waals surface area contributed by atoms with E-state index >= 15 is 0 Å². The summed E-state index contributed by atoms with van der Waals surface area (Å²) in [6, 6.07) is 5.33. The van der Waals surface area contributed by atoms with Gasteiger partial charge in [0.15, 0.2) is 0 Å². The van der Waals surface area contributed by atoms with Gasteiger partial charge in [0.25, 0.3) is 5.91 Å². The van der Waals surface area contributed by atoms with Crippen molar-refractivity contribution < 1.29 is 9.59 Å². The number of aryl methyl sites for hydroxylation is 2. The second-order valence-corrected chi connectivity index (χ2v) is 9.46. The Kier molecular flexibility index (Phi) is 5.88. The summed E-state index contributed by atoms with van der Waals surface area (Å²) < 4.78 is 1.62. The third-order valence-corrected chi connectivity index (χ3v) is 6.62. The molecule has 10 nitrogen and oxygen atoms in total. The van der Waals surface area contributed by atoms with E-state index in [1.807, 2.05) is 30.9 Å². The van der Waals surface area contributed by atoms with Crippen molar-refractivity contribution in [3.05, 3.63) is 58.3 Å². The fourth-order valence-electron chi connectivity index (χ4n) is 4.53. The molecule has 3 aromatic heterocycles. The Morgan fingerprint density at radius 3 is 2.63 bits per heavy atom. The largest absolute Gasteiger partial charge is 0.352 e. The van der Waals surface area contributed by atoms with Crippen molar-refractivity contribution >= 4 is 23.5 Å². The summed E-state index contributed by atoms with van der Waals surface area (Å²) in [6.45, 7) is 5.63. The predicted octanol–water partition coefficient (Wildman–Crippen LogP) is 2.18. The molecule has 2 N–H and O–H groups in total. The molecule has 0 bridgehead atoms. The van der Waals surface area contributed by atoms with E-state index in [2.05, 4.69) is 25.3 Å². The summed E-state index contributed by atoms with van der Waals surface area (Å²) in [6.07, 6.45) is 6.85. The minimum atomic E-state index is -0.210. The van der Waals surface area contributed by atoms with Gasteiger partial charge in [0.2, 0.25) is 11.5 Å². The highest BCUT2D eigenvalue weighted by atomic mass is 16.2. The van der Waals surface area contributed by atoms with Crippen molar-refractivity contribution in [2.24, 2.45) is 13.0 Å². The van der Waals surface area contributed by atoms with E-state index < -0.39 is 0 Å². The number of aromatic nitrogens is 4. The fourth-order valence-corrected chi connectivity index (χ4v) is 4.53. The maximum atomic E-state index is 12.8. The Morgan fingerprint density at radius 1 is 1.14 bits per heavy atom. The number of H-pyrrole nitrogens is 1. The molecule has 1 atom stereocenters. The molecule has 3 aromatic rings. The van der Waals surface area contributed by atoms with Crippen LogP contribution in [0.5, 0.6) is 0 Å². The molecule has 1 aliphatic carbocycles. The van der Waals surface area contributed by atoms with Gasteiger partial charge in [-0.2, -0.15) is 5.10 Å². The van der Waals surface area contributed by atoms with Crippen LogP contribution in [0.1, 0.15) is 35.7 Å². The first kappa shape index (κ1) is 22.8. The first-order valence-electron chi connectivity index (χ1n) is 11.9. The second-order valence-electron chi connectivity index (χ2n) is 9.46. The van der Waals surface area contributed by atoms with Gasteiger partial charge in [0.1, 0.15) is 11.6 Å². The number of nitrogens with one attached hydrogen (secondary N) is 2. The zero-order valence-electron chi connectivity index (χ0n) is 20.1. The molecule has 0 radical (unpaired) electrons. The van der Waals surface area contributed by atoms with Crippen LogP contribution in [0.2, 0.25) is 0 Å². The van der Waals surface area contributed by atoms with E-state index in [9.17, 15) is 14.4 Å². The predicted molar refractivity (Wildman–Crippen MR) is 132 cm³/mol. The Labute approximate surface area is 203 Å². The van der Waals surface area contributed by atoms with E-state index in [1.165, 1.54) is 0 Å². The first-order chi connectivity index (χ1) is 16.8. The zero-order valence-corrected chi connectivity index (χ0v) is 20.1. The topological polar surface area (TPSA) is 116 Å². The maximum absolute atomic E-state index is 12.8. The summed E-state index contributed by atoms with van der Waals surface area (Å²) in [7, 11) is 1.79. The standard InChI is InChI=1S/C25H29N7O3/c1-15-11-26-21(28-24(34)17-4-5-17)10-20(15)18-8-22(29-23(33)9-18)32-7-6-31(13-16(32)2)25(35)19-12-27-30(3)14-19/h8-12,14,16-17H,4-7,13H2,1-3H3,(H,29,33)(H,26,28,34)/t16-/m0/s1. The van der Waals surface area contributed by atoms with Crippen LogP contribution in [-0.4, -0.2) is 62.1 Å². The number of aromatic amines is 1. The van der Waals surface area contributed by atoms with E-state index in [0.29, 0.717) is 36.8 Å². The summed E-state index contributed by atoms with van der Waals surface area (Å²) in [5.74, 6) is 1.22. The normalized spacial score (nSPS) is 18.0. The second kappa shape index (κ2) is 9.01. The number of nitrogens with zero attached hydrogens (tertiary/aromatic N) is 5. The molecule has 1 aliphatic heterocycles. The van der Waals surface area contributed by atoms with Crippen LogP contribution in [-0.2, 0) is 11.8 Å². The number of piperazine rings is 1. The Hall–Kier alpha value is -3.95. The summed E-state index contributed by atoms with van der Waals surface area (Å²) in [5.41, 5.74) is 2.87. The number of hydrogen-bond donors (Lipinski definition) is 2. The Balaban J connectivity index is 1.37. The van der Waals surface area contributed by atoms with Crippen LogP contribution in [0.4, 0.5) is 11.6 Å². The molecule has 2 fully saturated rings. The quantitative estimate of drug-likeness (QED) is 0.584. The van der Waals surface area contributed by atoms with E-state index in [-0.39, 0.29) is 29.3 Å². The average Bonchev–Trinajstić information content (AvgIpc) is 3.60. The lowest BCUT2D eigenvalue weighted by atomic mass is 10.0. The summed E-state index contributed by atoms with van der Waals surface area (Å²) in [5, 5.41) is 6.98. The van der Waals surface area contributed by atoms with Crippen LogP contribution in [0.15, 0.2) is 41.6 Å². The van der Waals surface area contributed by atoms with Gasteiger partial charge >= 0.3 is 0 Å². The lowest BCUT2D eigenvalue weighted by Gasteiger charge is -2.40. The van der Waals surface area contributed by atoms with Crippen molar-refractivity contribution in [1.82, 2.24) is 24.6 Å². The van der Waals surface area contributed by atoms with Crippen LogP contribution >= 0.6 is 0 Å². The number of anilines is 2. The lowest BCUT2D eigenvalue weighted by Crippen LogP contribution is -2.54. The van der Waals surface area contributed by atoms with E-state index in [0.717, 1.165) is 29.5 Å². The number of pyridine rings is 2. The number of rotatable bonds is 5. The van der Waals surface area contributed by atoms with Gasteiger partial charge in [-0.1, -0.05) is 0 Å². The third-order valence-electron chi connectivity index (χ3n) is 6.62. The molecule has 0 spiro atoms. The van der Waals surface area contributed by atoms with Gasteiger partial charge < -0.3 is 20.1 Å². The molecule has 2 amide bonds. The summed E-state index contributed by atoms with van der Waals surface area (Å²) >= 11 is 0. The first-order valence-corrected chi connectivity index (χ1v) is 11.9. The van der Waals surface area contributed by atoms with E-state index in [4.69, 9.17) is 0 Å². The lowest BCUT2D eigenvalue weighted by molar-refractivity contribution is -0.117. The van der Waals surface area contributed by atoms with Crippen LogP contribution in [0, 0.1) is 12.8 Å². The Bertz CT molecular complexity index is 1340. The number of amides is 2. The molecular formula is C25H29N7O3. The maximum Gasteiger partial charge on any atom is 0.257 e. The molecule has 0 unspecified atom stereocenters. The molecular weight excluding hydrogens is 446 g/mol. The molecule has 4 heterocycles. The van der Waals surface area contributed by atoms with E-state index in [1.54, 1.807) is 36.4 Å². The number of carbonyl (C=O) groups excluding carboxylic acids is 2. The van der Waals surface area contributed by atoms with Crippen LogP contribution in [0.3, 0.4) is 0 Å². The SMILES string of the molecule is Cc1cnc(NC(=O)C2CC2)cc1-c1cc(N2CCN(C(=O)c3cnn(C)c3)C[C@@H]2C)[nH]c(=O)c1. The van der Waals surface area contributed by atoms with Crippen molar-refractivity contribution in [3.63, 3.8) is 0 Å². The van der Waals surface area contributed by atoms with Crippen molar-refractivity contribution in [1.29, 1.82) is 0 Å². The summed E-state index contributed by atoms with van der Waals surface area (Å²) in [4.78, 5) is 48.9. The highest BCUT2D eigenvalue weighted by Gasteiger charge is 2.30. The molecule has 1 saturated heterocycles. The van der Waals surface area contributed by atoms with Crippen LogP contribution < -0.4 is 15.8 Å². The third kappa shape index (κ3) is 4.82. The average molecular weight is 476 g/mol. The minimum absolute atomic E-state index is 0.00204. The molecule has 182 valence electrons. The number of carbonyl (C=O) groups is 2. The molecule has 1 saturated carbocycles. The zero-order chi connectivity index (χ0) is 24.7. The number of hydrogen-bond acceptors (Lipinski definition) is 6. The van der Waals surface area contributed by atoms with Gasteiger partial charge in [-0.05, 0) is 55.5 Å². The van der Waals surface area contributed by atoms with Crippen LogP contribution in [0.25, 0.3) is 11.1 Å². The van der Waals surface area contributed by atoms with Gasteiger partial charge in [-0.15, -0.1) is 0 Å². The van der Waals surface area contributed by atoms with Gasteiger partial charge in [0.05, 0.1) is 11.8 Å². The fraction of sp³-hybridized carbons (Fsp3) is 0.400.